The van der Waals surface area contributed by atoms with Crippen molar-refractivity contribution in [1.29, 1.82) is 0 Å². The molecular formula is C21H20N2O3. The average molecular weight is 348 g/mol. The van der Waals surface area contributed by atoms with Crippen LogP contribution in [0.5, 0.6) is 0 Å². The van der Waals surface area contributed by atoms with Crippen molar-refractivity contribution >= 4 is 22.6 Å². The summed E-state index contributed by atoms with van der Waals surface area (Å²) in [5.41, 5.74) is 2.47. The third kappa shape index (κ3) is 2.96. The Balaban J connectivity index is 1.48. The lowest BCUT2D eigenvalue weighted by molar-refractivity contribution is 0.0948. The van der Waals surface area contributed by atoms with Crippen molar-refractivity contribution in [3.63, 3.8) is 0 Å². The molecule has 1 amide bonds. The van der Waals surface area contributed by atoms with Gasteiger partial charge in [-0.15, -0.1) is 0 Å². The Morgan fingerprint density at radius 3 is 2.85 bits per heavy atom. The number of benzene rings is 2. The smallest absolute Gasteiger partial charge is 0.349 e. The van der Waals surface area contributed by atoms with Gasteiger partial charge in [0.1, 0.15) is 11.1 Å². The van der Waals surface area contributed by atoms with Gasteiger partial charge in [0, 0.05) is 30.2 Å². The fraction of sp³-hybridized carbons (Fsp3) is 0.238. The summed E-state index contributed by atoms with van der Waals surface area (Å²) >= 11 is 0. The van der Waals surface area contributed by atoms with Crippen molar-refractivity contribution < 1.29 is 9.21 Å². The van der Waals surface area contributed by atoms with Gasteiger partial charge in [-0.25, -0.2) is 4.79 Å². The summed E-state index contributed by atoms with van der Waals surface area (Å²) in [5.74, 6) is -0.399. The first-order valence-electron chi connectivity index (χ1n) is 8.79. The number of nitrogens with zero attached hydrogens (tertiary/aromatic N) is 1. The minimum atomic E-state index is -0.611. The molecule has 26 heavy (non-hydrogen) atoms. The number of amides is 1. The van der Waals surface area contributed by atoms with E-state index < -0.39 is 11.5 Å². The number of anilines is 1. The zero-order valence-corrected chi connectivity index (χ0v) is 14.6. The molecule has 5 heteroatoms. The van der Waals surface area contributed by atoms with Gasteiger partial charge in [-0.2, -0.15) is 0 Å². The van der Waals surface area contributed by atoms with Crippen LogP contribution in [0.2, 0.25) is 0 Å². The first kappa shape index (κ1) is 16.4. The summed E-state index contributed by atoms with van der Waals surface area (Å²) in [6.45, 7) is 3.47. The Labute approximate surface area is 151 Å². The average Bonchev–Trinajstić information content (AvgIpc) is 3.09. The maximum atomic E-state index is 12.5. The van der Waals surface area contributed by atoms with Crippen LogP contribution in [-0.2, 0) is 6.42 Å². The van der Waals surface area contributed by atoms with Crippen molar-refractivity contribution in [2.45, 2.75) is 19.4 Å². The summed E-state index contributed by atoms with van der Waals surface area (Å²) < 4.78 is 5.24. The summed E-state index contributed by atoms with van der Waals surface area (Å²) in [5, 5.41) is 3.61. The standard InChI is InChI=1S/C21H20N2O3/c1-14(23-11-10-15-6-2-4-8-18(15)23)13-22-20(24)17-12-16-7-3-5-9-19(16)26-21(17)25/h2-9,12,14H,10-11,13H2,1H3,(H,22,24)/t14-/m1/s1. The molecule has 132 valence electrons. The number of carbonyl (C=O) groups excluding carboxylic acids is 1. The molecule has 0 saturated heterocycles. The van der Waals surface area contributed by atoms with Gasteiger partial charge in [0.15, 0.2) is 0 Å². The number of carbonyl (C=O) groups is 1. The molecule has 0 radical (unpaired) electrons. The van der Waals surface area contributed by atoms with E-state index in [1.54, 1.807) is 18.2 Å². The van der Waals surface area contributed by atoms with Crippen LogP contribution in [0.4, 0.5) is 5.69 Å². The highest BCUT2D eigenvalue weighted by molar-refractivity contribution is 5.96. The molecule has 2 aromatic carbocycles. The van der Waals surface area contributed by atoms with Crippen molar-refractivity contribution in [3.05, 3.63) is 76.1 Å². The molecule has 0 spiro atoms. The highest BCUT2D eigenvalue weighted by Gasteiger charge is 2.23. The van der Waals surface area contributed by atoms with Crippen LogP contribution in [0.3, 0.4) is 0 Å². The van der Waals surface area contributed by atoms with Crippen molar-refractivity contribution in [1.82, 2.24) is 5.32 Å². The maximum absolute atomic E-state index is 12.5. The SMILES string of the molecule is C[C@H](CNC(=O)c1cc2ccccc2oc1=O)N1CCc2ccccc21. The molecule has 0 fully saturated rings. The topological polar surface area (TPSA) is 62.6 Å². The molecule has 0 saturated carbocycles. The van der Waals surface area contributed by atoms with Crippen LogP contribution in [0.1, 0.15) is 22.8 Å². The quantitative estimate of drug-likeness (QED) is 0.737. The van der Waals surface area contributed by atoms with Crippen LogP contribution >= 0.6 is 0 Å². The fourth-order valence-electron chi connectivity index (χ4n) is 3.49. The summed E-state index contributed by atoms with van der Waals surface area (Å²) in [4.78, 5) is 26.9. The van der Waals surface area contributed by atoms with Crippen LogP contribution in [0.15, 0.2) is 63.8 Å². The second kappa shape index (κ2) is 6.67. The number of para-hydroxylation sites is 2. The number of nitrogens with one attached hydrogen (secondary N) is 1. The zero-order valence-electron chi connectivity index (χ0n) is 14.6. The van der Waals surface area contributed by atoms with E-state index in [4.69, 9.17) is 4.42 Å². The Kier molecular flexibility index (Phi) is 4.21. The Morgan fingerprint density at radius 1 is 1.19 bits per heavy atom. The predicted molar refractivity (Wildman–Crippen MR) is 102 cm³/mol. The highest BCUT2D eigenvalue weighted by Crippen LogP contribution is 2.28. The molecule has 1 aliphatic heterocycles. The van der Waals surface area contributed by atoms with E-state index in [0.29, 0.717) is 12.1 Å². The highest BCUT2D eigenvalue weighted by atomic mass is 16.4. The number of fused-ring (bicyclic) bond motifs is 2. The van der Waals surface area contributed by atoms with Gasteiger partial charge in [-0.1, -0.05) is 36.4 Å². The van der Waals surface area contributed by atoms with Gasteiger partial charge in [0.05, 0.1) is 0 Å². The third-order valence-corrected chi connectivity index (χ3v) is 4.90. The van der Waals surface area contributed by atoms with Crippen LogP contribution < -0.4 is 15.8 Å². The van der Waals surface area contributed by atoms with Gasteiger partial charge in [-0.05, 0) is 37.1 Å². The molecule has 1 aromatic heterocycles. The lowest BCUT2D eigenvalue weighted by Gasteiger charge is -2.27. The van der Waals surface area contributed by atoms with Gasteiger partial charge >= 0.3 is 5.63 Å². The largest absolute Gasteiger partial charge is 0.422 e. The Bertz CT molecular complexity index is 1020. The summed E-state index contributed by atoms with van der Waals surface area (Å²) in [6, 6.07) is 17.2. The molecule has 2 heterocycles. The van der Waals surface area contributed by atoms with Gasteiger partial charge in [0.25, 0.3) is 5.91 Å². The molecule has 0 aliphatic carbocycles. The normalized spacial score (nSPS) is 14.3. The molecule has 1 N–H and O–H groups in total. The van der Waals surface area contributed by atoms with Crippen molar-refractivity contribution in [2.75, 3.05) is 18.0 Å². The van der Waals surface area contributed by atoms with E-state index in [-0.39, 0.29) is 11.6 Å². The number of hydrogen-bond acceptors (Lipinski definition) is 4. The predicted octanol–water partition coefficient (Wildman–Crippen LogP) is 2.97. The Hall–Kier alpha value is -3.08. The van der Waals surface area contributed by atoms with E-state index in [0.717, 1.165) is 18.4 Å². The third-order valence-electron chi connectivity index (χ3n) is 4.90. The molecule has 4 rings (SSSR count). The second-order valence-corrected chi connectivity index (χ2v) is 6.62. The van der Waals surface area contributed by atoms with Gasteiger partial charge in [0.2, 0.25) is 0 Å². The first-order chi connectivity index (χ1) is 12.6. The summed E-state index contributed by atoms with van der Waals surface area (Å²) in [6.07, 6.45) is 1.02. The van der Waals surface area contributed by atoms with Crippen LogP contribution in [-0.4, -0.2) is 25.0 Å². The van der Waals surface area contributed by atoms with E-state index in [1.165, 1.54) is 11.3 Å². The second-order valence-electron chi connectivity index (χ2n) is 6.62. The minimum Gasteiger partial charge on any atom is -0.422 e. The van der Waals surface area contributed by atoms with E-state index in [9.17, 15) is 9.59 Å². The Morgan fingerprint density at radius 2 is 1.96 bits per heavy atom. The summed E-state index contributed by atoms with van der Waals surface area (Å²) in [7, 11) is 0. The minimum absolute atomic E-state index is 0.0396. The van der Waals surface area contributed by atoms with E-state index in [1.807, 2.05) is 24.3 Å². The number of rotatable bonds is 4. The van der Waals surface area contributed by atoms with Crippen molar-refractivity contribution in [3.8, 4) is 0 Å². The lowest BCUT2D eigenvalue weighted by Crippen LogP contribution is -2.42. The zero-order chi connectivity index (χ0) is 18.1. The first-order valence-corrected chi connectivity index (χ1v) is 8.79. The monoisotopic (exact) mass is 348 g/mol. The molecule has 1 aliphatic rings. The van der Waals surface area contributed by atoms with Gasteiger partial charge < -0.3 is 14.6 Å². The maximum Gasteiger partial charge on any atom is 0.349 e. The fourth-order valence-corrected chi connectivity index (χ4v) is 3.49. The molecule has 3 aromatic rings. The molecule has 1 atom stereocenters. The van der Waals surface area contributed by atoms with Crippen LogP contribution in [0.25, 0.3) is 11.0 Å². The molecular weight excluding hydrogens is 328 g/mol. The molecule has 0 unspecified atom stereocenters. The molecule has 0 bridgehead atoms. The van der Waals surface area contributed by atoms with E-state index in [2.05, 4.69) is 29.3 Å². The lowest BCUT2D eigenvalue weighted by atomic mass is 10.1. The van der Waals surface area contributed by atoms with Gasteiger partial charge in [-0.3, -0.25) is 4.79 Å². The van der Waals surface area contributed by atoms with E-state index >= 15 is 0 Å². The van der Waals surface area contributed by atoms with Crippen LogP contribution in [0, 0.1) is 0 Å². The van der Waals surface area contributed by atoms with Crippen molar-refractivity contribution in [2.24, 2.45) is 0 Å². The number of hydrogen-bond donors (Lipinski definition) is 1. The molecule has 5 nitrogen and oxygen atoms in total.